The molecule has 0 spiro atoms. The van der Waals surface area contributed by atoms with Crippen molar-refractivity contribution in [2.24, 2.45) is 5.10 Å². The molecule has 0 bridgehead atoms. The van der Waals surface area contributed by atoms with Crippen LogP contribution in [-0.2, 0) is 6.42 Å². The van der Waals surface area contributed by atoms with Crippen molar-refractivity contribution < 1.29 is 14.0 Å². The number of hydrazone groups is 1. The summed E-state index contributed by atoms with van der Waals surface area (Å²) in [6.07, 6.45) is 2.29. The summed E-state index contributed by atoms with van der Waals surface area (Å²) in [6.45, 7) is 5.74. The van der Waals surface area contributed by atoms with Crippen LogP contribution >= 0.6 is 0 Å². The Morgan fingerprint density at radius 1 is 0.968 bits per heavy atom. The van der Waals surface area contributed by atoms with Crippen LogP contribution in [0.2, 0.25) is 0 Å². The smallest absolute Gasteiger partial charge is 0.291 e. The van der Waals surface area contributed by atoms with E-state index in [0.29, 0.717) is 12.0 Å². The first-order chi connectivity index (χ1) is 14.9. The van der Waals surface area contributed by atoms with Gasteiger partial charge in [-0.15, -0.1) is 0 Å². The van der Waals surface area contributed by atoms with E-state index in [1.165, 1.54) is 0 Å². The molecule has 0 aliphatic heterocycles. The minimum absolute atomic E-state index is 0.262. The zero-order valence-corrected chi connectivity index (χ0v) is 17.9. The zero-order chi connectivity index (χ0) is 22.0. The van der Waals surface area contributed by atoms with Crippen LogP contribution in [-0.4, -0.2) is 17.5 Å². The summed E-state index contributed by atoms with van der Waals surface area (Å²) in [6, 6.07) is 15.0. The molecule has 4 rings (SSSR count). The molecule has 2 N–H and O–H groups in total. The van der Waals surface area contributed by atoms with Crippen LogP contribution < -0.4 is 10.7 Å². The number of carbonyl (C=O) groups is 2. The van der Waals surface area contributed by atoms with Crippen molar-refractivity contribution in [2.45, 2.75) is 40.0 Å². The molecule has 0 radical (unpaired) electrons. The van der Waals surface area contributed by atoms with Gasteiger partial charge in [0.2, 0.25) is 0 Å². The predicted molar refractivity (Wildman–Crippen MR) is 121 cm³/mol. The molecular formula is C25H25N3O3. The van der Waals surface area contributed by atoms with Crippen molar-refractivity contribution in [3.8, 4) is 0 Å². The second kappa shape index (κ2) is 8.60. The third kappa shape index (κ3) is 4.28. The number of hydrogen-bond acceptors (Lipinski definition) is 4. The maximum atomic E-state index is 12.9. The molecule has 2 aromatic carbocycles. The van der Waals surface area contributed by atoms with E-state index in [-0.39, 0.29) is 17.6 Å². The van der Waals surface area contributed by atoms with Gasteiger partial charge in [0.25, 0.3) is 11.8 Å². The van der Waals surface area contributed by atoms with Crippen LogP contribution in [0.4, 0.5) is 5.69 Å². The maximum Gasteiger partial charge on any atom is 0.291 e. The highest BCUT2D eigenvalue weighted by Gasteiger charge is 2.28. The number of benzene rings is 2. The minimum atomic E-state index is -0.288. The van der Waals surface area contributed by atoms with E-state index in [4.69, 9.17) is 4.42 Å². The summed E-state index contributed by atoms with van der Waals surface area (Å²) in [7, 11) is 0. The molecule has 2 amide bonds. The topological polar surface area (TPSA) is 83.7 Å². The Morgan fingerprint density at radius 3 is 2.55 bits per heavy atom. The van der Waals surface area contributed by atoms with Gasteiger partial charge in [0.1, 0.15) is 5.76 Å². The summed E-state index contributed by atoms with van der Waals surface area (Å²) >= 11 is 0. The zero-order valence-electron chi connectivity index (χ0n) is 17.9. The molecule has 1 heterocycles. The van der Waals surface area contributed by atoms with Crippen molar-refractivity contribution in [2.75, 3.05) is 5.32 Å². The first-order valence-electron chi connectivity index (χ1n) is 10.4. The highest BCUT2D eigenvalue weighted by Crippen LogP contribution is 2.30. The number of nitrogens with zero attached hydrogens (tertiary/aromatic N) is 1. The quantitative estimate of drug-likeness (QED) is 0.593. The van der Waals surface area contributed by atoms with E-state index in [1.807, 2.05) is 63.2 Å². The number of rotatable bonds is 4. The van der Waals surface area contributed by atoms with Crippen molar-refractivity contribution in [3.05, 3.63) is 87.9 Å². The summed E-state index contributed by atoms with van der Waals surface area (Å²) in [5.41, 5.74) is 8.25. The highest BCUT2D eigenvalue weighted by molar-refractivity contribution is 6.09. The lowest BCUT2D eigenvalue weighted by Gasteiger charge is -2.13. The van der Waals surface area contributed by atoms with Gasteiger partial charge >= 0.3 is 0 Å². The number of fused-ring (bicyclic) bond motifs is 1. The van der Waals surface area contributed by atoms with Gasteiger partial charge in [-0.2, -0.15) is 5.10 Å². The third-order valence-electron chi connectivity index (χ3n) is 5.50. The van der Waals surface area contributed by atoms with Crippen LogP contribution in [0.5, 0.6) is 0 Å². The number of anilines is 1. The first kappa shape index (κ1) is 20.6. The molecule has 31 heavy (non-hydrogen) atoms. The second-order valence-corrected chi connectivity index (χ2v) is 7.85. The molecule has 6 nitrogen and oxygen atoms in total. The maximum absolute atomic E-state index is 12.9. The Kier molecular flexibility index (Phi) is 5.71. The number of carbonyl (C=O) groups excluding carboxylic acids is 2. The van der Waals surface area contributed by atoms with Gasteiger partial charge < -0.3 is 9.73 Å². The molecule has 3 aromatic rings. The molecule has 6 heteroatoms. The van der Waals surface area contributed by atoms with Crippen LogP contribution in [0.15, 0.2) is 58.0 Å². The third-order valence-corrected chi connectivity index (χ3v) is 5.50. The average Bonchev–Trinajstić information content (AvgIpc) is 3.11. The molecule has 0 saturated carbocycles. The van der Waals surface area contributed by atoms with Gasteiger partial charge in [-0.3, -0.25) is 9.59 Å². The molecule has 1 aliphatic rings. The lowest BCUT2D eigenvalue weighted by atomic mass is 9.93. The molecule has 158 valence electrons. The summed E-state index contributed by atoms with van der Waals surface area (Å²) in [5.74, 6) is 0.474. The fraction of sp³-hybridized carbons (Fsp3) is 0.240. The number of aryl methyl sites for hydroxylation is 3. The lowest BCUT2D eigenvalue weighted by molar-refractivity contribution is 0.0953. The SMILES string of the molecule is Cc1cccc(C(=O)N/N=C2\CCCc3oc(C(=O)Nc4ccccc4C)c(C)c32)c1. The van der Waals surface area contributed by atoms with E-state index in [0.717, 1.165) is 52.3 Å². The van der Waals surface area contributed by atoms with Crippen LogP contribution in [0.1, 0.15) is 61.8 Å². The van der Waals surface area contributed by atoms with Crippen LogP contribution in [0, 0.1) is 20.8 Å². The van der Waals surface area contributed by atoms with Gasteiger partial charge in [-0.1, -0.05) is 35.9 Å². The normalized spacial score (nSPS) is 14.2. The largest absolute Gasteiger partial charge is 0.455 e. The molecule has 0 fully saturated rings. The fourth-order valence-electron chi connectivity index (χ4n) is 3.86. The van der Waals surface area contributed by atoms with E-state index in [9.17, 15) is 9.59 Å². The number of hydrogen-bond donors (Lipinski definition) is 2. The predicted octanol–water partition coefficient (Wildman–Crippen LogP) is 4.93. The second-order valence-electron chi connectivity index (χ2n) is 7.85. The first-order valence-corrected chi connectivity index (χ1v) is 10.4. The van der Waals surface area contributed by atoms with Crippen LogP contribution in [0.25, 0.3) is 0 Å². The van der Waals surface area contributed by atoms with Gasteiger partial charge in [0, 0.05) is 28.8 Å². The van der Waals surface area contributed by atoms with Crippen molar-refractivity contribution in [1.82, 2.24) is 5.43 Å². The number of amides is 2. The molecule has 0 saturated heterocycles. The van der Waals surface area contributed by atoms with Crippen molar-refractivity contribution in [1.29, 1.82) is 0 Å². The van der Waals surface area contributed by atoms with E-state index >= 15 is 0 Å². The fourth-order valence-corrected chi connectivity index (χ4v) is 3.86. The van der Waals surface area contributed by atoms with E-state index < -0.39 is 0 Å². The monoisotopic (exact) mass is 415 g/mol. The Morgan fingerprint density at radius 2 is 1.77 bits per heavy atom. The van der Waals surface area contributed by atoms with Crippen LogP contribution in [0.3, 0.4) is 0 Å². The van der Waals surface area contributed by atoms with E-state index in [2.05, 4.69) is 15.8 Å². The Hall–Kier alpha value is -3.67. The van der Waals surface area contributed by atoms with Crippen molar-refractivity contribution >= 4 is 23.2 Å². The van der Waals surface area contributed by atoms with Gasteiger partial charge in [-0.05, 0) is 57.4 Å². The summed E-state index contributed by atoms with van der Waals surface area (Å²) in [5, 5.41) is 7.31. The average molecular weight is 415 g/mol. The van der Waals surface area contributed by atoms with Gasteiger partial charge in [-0.25, -0.2) is 5.43 Å². The Bertz CT molecular complexity index is 1190. The Labute approximate surface area is 181 Å². The molecule has 1 aliphatic carbocycles. The minimum Gasteiger partial charge on any atom is -0.455 e. The van der Waals surface area contributed by atoms with Gasteiger partial charge in [0.05, 0.1) is 5.71 Å². The number of nitrogens with one attached hydrogen (secondary N) is 2. The molecule has 0 atom stereocenters. The molecule has 1 aromatic heterocycles. The van der Waals surface area contributed by atoms with Crippen molar-refractivity contribution in [3.63, 3.8) is 0 Å². The highest BCUT2D eigenvalue weighted by atomic mass is 16.4. The molecular weight excluding hydrogens is 390 g/mol. The Balaban J connectivity index is 1.58. The van der Waals surface area contributed by atoms with Gasteiger partial charge in [0.15, 0.2) is 5.76 Å². The molecule has 0 unspecified atom stereocenters. The van der Waals surface area contributed by atoms with E-state index in [1.54, 1.807) is 6.07 Å². The summed E-state index contributed by atoms with van der Waals surface area (Å²) < 4.78 is 5.94. The summed E-state index contributed by atoms with van der Waals surface area (Å²) in [4.78, 5) is 25.4. The standard InChI is InChI=1S/C25H25N3O3/c1-15-8-6-10-18(14-15)24(29)28-27-20-12-7-13-21-22(20)17(3)23(31-21)25(30)26-19-11-5-4-9-16(19)2/h4-6,8-11,14H,7,12-13H2,1-3H3,(H,26,30)(H,28,29)/b27-20+. The number of furan rings is 1. The lowest BCUT2D eigenvalue weighted by Crippen LogP contribution is -2.22. The number of para-hydroxylation sites is 1.